The Morgan fingerprint density at radius 1 is 1.21 bits per heavy atom. The van der Waals surface area contributed by atoms with E-state index < -0.39 is 5.41 Å². The highest BCUT2D eigenvalue weighted by molar-refractivity contribution is 6.15. The summed E-state index contributed by atoms with van der Waals surface area (Å²) in [7, 11) is 3.44. The van der Waals surface area contributed by atoms with Crippen LogP contribution in [0.5, 0.6) is 0 Å². The van der Waals surface area contributed by atoms with Gasteiger partial charge in [0.1, 0.15) is 11.0 Å². The molecular weight excluding hydrogens is 302 g/mol. The lowest BCUT2D eigenvalue weighted by molar-refractivity contribution is -0.539. The second-order valence-corrected chi connectivity index (χ2v) is 7.30. The first kappa shape index (κ1) is 15.2. The first-order valence-electron chi connectivity index (χ1n) is 8.57. The molecule has 2 aliphatic heterocycles. The predicted molar refractivity (Wildman–Crippen MR) is 89.3 cm³/mol. The van der Waals surface area contributed by atoms with Gasteiger partial charge >= 0.3 is 0 Å². The van der Waals surface area contributed by atoms with E-state index in [1.165, 1.54) is 0 Å². The van der Waals surface area contributed by atoms with Gasteiger partial charge in [0.15, 0.2) is 6.04 Å². The minimum Gasteiger partial charge on any atom is -0.499 e. The maximum Gasteiger partial charge on any atom is 0.253 e. The number of Topliss-reactive ketones (excluding diaryl/α,β-unsaturated/α-hetero) is 1. The molecule has 5 rings (SSSR count). The highest BCUT2D eigenvalue weighted by atomic mass is 16.2. The Hall–Kier alpha value is -2.30. The van der Waals surface area contributed by atoms with Crippen molar-refractivity contribution >= 4 is 17.3 Å². The van der Waals surface area contributed by atoms with Gasteiger partial charge in [0.05, 0.1) is 0 Å². The van der Waals surface area contributed by atoms with E-state index in [2.05, 4.69) is 0 Å². The molecule has 0 aromatic heterocycles. The summed E-state index contributed by atoms with van der Waals surface area (Å²) >= 11 is 0. The molecule has 2 fully saturated rings. The molecule has 1 aromatic rings. The van der Waals surface area contributed by atoms with Gasteiger partial charge in [0.2, 0.25) is 11.5 Å². The van der Waals surface area contributed by atoms with E-state index in [4.69, 9.17) is 0 Å². The summed E-state index contributed by atoms with van der Waals surface area (Å²) in [5.74, 6) is -0.0172. The van der Waals surface area contributed by atoms with Crippen LogP contribution < -0.4 is 0 Å². The number of amides is 1. The largest absolute Gasteiger partial charge is 0.499 e. The van der Waals surface area contributed by atoms with E-state index in [-0.39, 0.29) is 17.7 Å². The van der Waals surface area contributed by atoms with Crippen LogP contribution in [-0.4, -0.2) is 41.4 Å². The third-order valence-electron chi connectivity index (χ3n) is 5.79. The fraction of sp³-hybridized carbons (Fsp3) is 0.474. The normalized spacial score (nSPS) is 24.3. The Morgan fingerprint density at radius 2 is 1.88 bits per heavy atom. The Morgan fingerprint density at radius 3 is 2.54 bits per heavy atom. The number of carbonyl (C=O) groups excluding carboxylic acids is 2. The number of hydrogen-bond acceptors (Lipinski definition) is 2. The zero-order chi connectivity index (χ0) is 17.1. The summed E-state index contributed by atoms with van der Waals surface area (Å²) in [6.45, 7) is 0. The molecule has 1 saturated heterocycles. The average molecular weight is 323 g/mol. The number of rotatable bonds is 2. The zero-order valence-electron chi connectivity index (χ0n) is 14.1. The standard InChI is InChI=1S/C19H21N3O2/c1-21(2)18(24)13-9-5-4-8-12(13)14-15-17(23)19(16(14)22(15)20)10-6-3-7-11-19/h4-5,8-9,16H,3,6-7,10-11H2,1-2H3. The maximum absolute atomic E-state index is 13.0. The summed E-state index contributed by atoms with van der Waals surface area (Å²) in [4.78, 5) is 27.0. The number of nitrogens with zero attached hydrogens (tertiary/aromatic N) is 3. The van der Waals surface area contributed by atoms with Gasteiger partial charge in [-0.05, 0) is 18.9 Å². The molecule has 1 unspecified atom stereocenters. The van der Waals surface area contributed by atoms with Crippen LogP contribution in [0, 0.1) is 5.41 Å². The van der Waals surface area contributed by atoms with E-state index in [9.17, 15) is 15.1 Å². The molecule has 24 heavy (non-hydrogen) atoms. The van der Waals surface area contributed by atoms with Crippen molar-refractivity contribution in [3.05, 3.63) is 46.6 Å². The van der Waals surface area contributed by atoms with Gasteiger partial charge < -0.3 is 10.4 Å². The van der Waals surface area contributed by atoms with Gasteiger partial charge in [-0.2, -0.15) is 0 Å². The number of benzene rings is 1. The van der Waals surface area contributed by atoms with Crippen LogP contribution in [0.4, 0.5) is 0 Å². The molecule has 2 aliphatic carbocycles. The van der Waals surface area contributed by atoms with Gasteiger partial charge in [-0.1, -0.05) is 37.5 Å². The van der Waals surface area contributed by atoms with E-state index in [0.29, 0.717) is 11.3 Å². The van der Waals surface area contributed by atoms with Gasteiger partial charge in [-0.15, -0.1) is 0 Å². The second-order valence-electron chi connectivity index (χ2n) is 7.30. The van der Waals surface area contributed by atoms with Crippen LogP contribution in [0.1, 0.15) is 48.0 Å². The van der Waals surface area contributed by atoms with Gasteiger partial charge in [0, 0.05) is 25.2 Å². The fourth-order valence-corrected chi connectivity index (χ4v) is 4.64. The van der Waals surface area contributed by atoms with Crippen molar-refractivity contribution in [3.63, 3.8) is 0 Å². The lowest BCUT2D eigenvalue weighted by atomic mass is 9.68. The minimum absolute atomic E-state index is 0.0665. The average Bonchev–Trinajstić information content (AvgIpc) is 2.94. The molecule has 4 aliphatic rings. The highest BCUT2D eigenvalue weighted by Gasteiger charge is 2.70. The van der Waals surface area contributed by atoms with E-state index in [1.54, 1.807) is 25.1 Å². The highest BCUT2D eigenvalue weighted by Crippen LogP contribution is 2.60. The molecule has 1 atom stereocenters. The second kappa shape index (κ2) is 5.10. The zero-order valence-corrected chi connectivity index (χ0v) is 14.1. The molecule has 1 aromatic carbocycles. The molecule has 124 valence electrons. The molecule has 1 amide bonds. The van der Waals surface area contributed by atoms with Crippen LogP contribution in [0.2, 0.25) is 0 Å². The number of hydrogen-bond donors (Lipinski definition) is 0. The van der Waals surface area contributed by atoms with Crippen LogP contribution in [0.25, 0.3) is 11.1 Å². The first-order chi connectivity index (χ1) is 11.5. The molecule has 0 N–H and O–H groups in total. The lowest BCUT2D eigenvalue weighted by Crippen LogP contribution is -2.41. The summed E-state index contributed by atoms with van der Waals surface area (Å²) < 4.78 is 1.15. The monoisotopic (exact) mass is 323 g/mol. The Labute approximate surface area is 141 Å². The van der Waals surface area contributed by atoms with Crippen LogP contribution >= 0.6 is 0 Å². The van der Waals surface area contributed by atoms with E-state index in [0.717, 1.165) is 47.9 Å². The molecule has 1 spiro atoms. The third-order valence-corrected chi connectivity index (χ3v) is 5.79. The van der Waals surface area contributed by atoms with Crippen molar-refractivity contribution in [2.75, 3.05) is 14.1 Å². The van der Waals surface area contributed by atoms with Crippen molar-refractivity contribution in [2.45, 2.75) is 38.1 Å². The van der Waals surface area contributed by atoms with E-state index in [1.807, 2.05) is 18.2 Å². The molecule has 1 saturated carbocycles. The molecule has 0 radical (unpaired) electrons. The third kappa shape index (κ3) is 1.75. The fourth-order valence-electron chi connectivity index (χ4n) is 4.64. The van der Waals surface area contributed by atoms with Crippen molar-refractivity contribution in [3.8, 4) is 0 Å². The topological polar surface area (TPSA) is 62.7 Å². The molecular formula is C19H21N3O2. The van der Waals surface area contributed by atoms with Gasteiger partial charge in [0.25, 0.3) is 5.91 Å². The Balaban J connectivity index is 1.83. The predicted octanol–water partition coefficient (Wildman–Crippen LogP) is 3.05. The molecule has 5 heteroatoms. The first-order valence-corrected chi connectivity index (χ1v) is 8.57. The summed E-state index contributed by atoms with van der Waals surface area (Å²) in [5, 5.41) is 0. The number of allylic oxidation sites excluding steroid dienone is 1. The van der Waals surface area contributed by atoms with Crippen LogP contribution in [-0.2, 0) is 4.79 Å². The number of carbonyl (C=O) groups is 2. The summed E-state index contributed by atoms with van der Waals surface area (Å²) in [5.41, 5.74) is 12.5. The van der Waals surface area contributed by atoms with Crippen molar-refractivity contribution in [2.24, 2.45) is 5.41 Å². The van der Waals surface area contributed by atoms with Crippen LogP contribution in [0.15, 0.2) is 30.0 Å². The Kier molecular flexibility index (Phi) is 3.24. The SMILES string of the molecule is CN(C)C(=O)c1ccccc1C1=C2C(=O)C3(CCCCC3)C1[N+]2=[N-]. The summed E-state index contributed by atoms with van der Waals surface area (Å²) in [6, 6.07) is 7.11. The van der Waals surface area contributed by atoms with Crippen molar-refractivity contribution in [1.82, 2.24) is 4.90 Å². The van der Waals surface area contributed by atoms with Gasteiger partial charge in [-0.3, -0.25) is 14.3 Å². The van der Waals surface area contributed by atoms with Crippen LogP contribution in [0.3, 0.4) is 0 Å². The lowest BCUT2D eigenvalue weighted by Gasteiger charge is -2.35. The Bertz CT molecular complexity index is 801. The molecule has 5 nitrogen and oxygen atoms in total. The smallest absolute Gasteiger partial charge is 0.253 e. The maximum atomic E-state index is 13.0. The van der Waals surface area contributed by atoms with Gasteiger partial charge in [-0.25, -0.2) is 0 Å². The molecule has 2 bridgehead atoms. The van der Waals surface area contributed by atoms with Crippen molar-refractivity contribution in [1.29, 1.82) is 0 Å². The summed E-state index contributed by atoms with van der Waals surface area (Å²) in [6.07, 6.45) is 4.84. The minimum atomic E-state index is -0.480. The van der Waals surface area contributed by atoms with Crippen molar-refractivity contribution < 1.29 is 14.3 Å². The molecule has 2 heterocycles. The van der Waals surface area contributed by atoms with E-state index >= 15 is 0 Å². The number of ketones is 1. The quantitative estimate of drug-likeness (QED) is 0.785.